The molecular formula is C6H3BrClN3. The van der Waals surface area contributed by atoms with Gasteiger partial charge in [0, 0.05) is 0 Å². The van der Waals surface area contributed by atoms with E-state index in [1.807, 2.05) is 0 Å². The Balaban J connectivity index is 2.94. The molecule has 0 atom stereocenters. The molecule has 0 aliphatic rings. The van der Waals surface area contributed by atoms with Gasteiger partial charge in [-0.05, 0) is 15.9 Å². The third kappa shape index (κ3) is 1.02. The van der Waals surface area contributed by atoms with Crippen LogP contribution in [0.25, 0.3) is 5.65 Å². The summed E-state index contributed by atoms with van der Waals surface area (Å²) in [5, 5.41) is 0.554. The van der Waals surface area contributed by atoms with Crippen LogP contribution in [0.15, 0.2) is 23.3 Å². The second kappa shape index (κ2) is 2.46. The number of rotatable bonds is 0. The van der Waals surface area contributed by atoms with Crippen molar-refractivity contribution in [2.75, 3.05) is 0 Å². The van der Waals surface area contributed by atoms with Crippen molar-refractivity contribution in [1.29, 1.82) is 0 Å². The van der Waals surface area contributed by atoms with Gasteiger partial charge in [0.25, 0.3) is 0 Å². The first-order chi connectivity index (χ1) is 5.29. The van der Waals surface area contributed by atoms with Gasteiger partial charge in [-0.2, -0.15) is 0 Å². The van der Waals surface area contributed by atoms with Crippen LogP contribution in [0.4, 0.5) is 0 Å². The van der Waals surface area contributed by atoms with Gasteiger partial charge in [-0.1, -0.05) is 11.6 Å². The van der Waals surface area contributed by atoms with Gasteiger partial charge in [0.2, 0.25) is 0 Å². The number of halogens is 2. The molecule has 3 nitrogen and oxygen atoms in total. The smallest absolute Gasteiger partial charge is 0.159 e. The van der Waals surface area contributed by atoms with Crippen LogP contribution >= 0.6 is 27.5 Å². The first kappa shape index (κ1) is 7.06. The highest BCUT2D eigenvalue weighted by Gasteiger charge is 2.02. The lowest BCUT2D eigenvalue weighted by Gasteiger charge is -1.93. The van der Waals surface area contributed by atoms with E-state index in [2.05, 4.69) is 25.9 Å². The van der Waals surface area contributed by atoms with Gasteiger partial charge in [0.1, 0.15) is 16.0 Å². The molecule has 0 aliphatic heterocycles. The maximum absolute atomic E-state index is 5.80. The van der Waals surface area contributed by atoms with E-state index in [0.29, 0.717) is 10.7 Å². The van der Waals surface area contributed by atoms with Crippen LogP contribution in [0, 0.1) is 0 Å². The fourth-order valence-electron chi connectivity index (χ4n) is 0.850. The number of nitrogens with zero attached hydrogens (tertiary/aromatic N) is 3. The third-order valence-corrected chi connectivity index (χ3v) is 2.19. The normalized spacial score (nSPS) is 10.7. The molecule has 2 aromatic heterocycles. The summed E-state index contributed by atoms with van der Waals surface area (Å²) >= 11 is 9.11. The van der Waals surface area contributed by atoms with E-state index in [-0.39, 0.29) is 0 Å². The van der Waals surface area contributed by atoms with Crippen LogP contribution in [-0.4, -0.2) is 14.4 Å². The summed E-state index contributed by atoms with van der Waals surface area (Å²) in [5.74, 6) is 0. The maximum atomic E-state index is 5.80. The average Bonchev–Trinajstić information content (AvgIpc) is 2.35. The van der Waals surface area contributed by atoms with E-state index >= 15 is 0 Å². The maximum Gasteiger partial charge on any atom is 0.159 e. The molecule has 2 rings (SSSR count). The minimum absolute atomic E-state index is 0.554. The SMILES string of the molecule is Clc1cncn2c(Br)cnc12. The van der Waals surface area contributed by atoms with Crippen molar-refractivity contribution in [2.24, 2.45) is 0 Å². The minimum atomic E-state index is 0.554. The van der Waals surface area contributed by atoms with E-state index in [9.17, 15) is 0 Å². The molecule has 5 heteroatoms. The van der Waals surface area contributed by atoms with Gasteiger partial charge in [0.05, 0.1) is 12.4 Å². The number of aromatic nitrogens is 3. The third-order valence-electron chi connectivity index (χ3n) is 1.34. The van der Waals surface area contributed by atoms with Crippen molar-refractivity contribution in [3.8, 4) is 0 Å². The van der Waals surface area contributed by atoms with Crippen molar-refractivity contribution in [2.45, 2.75) is 0 Å². The summed E-state index contributed by atoms with van der Waals surface area (Å²) in [6.45, 7) is 0. The van der Waals surface area contributed by atoms with Crippen molar-refractivity contribution in [3.05, 3.63) is 28.3 Å². The Kier molecular flexibility index (Phi) is 1.58. The summed E-state index contributed by atoms with van der Waals surface area (Å²) in [4.78, 5) is 7.97. The Morgan fingerprint density at radius 1 is 1.45 bits per heavy atom. The molecule has 11 heavy (non-hydrogen) atoms. The van der Waals surface area contributed by atoms with Gasteiger partial charge in [-0.15, -0.1) is 0 Å². The Morgan fingerprint density at radius 3 is 3.00 bits per heavy atom. The Morgan fingerprint density at radius 2 is 2.27 bits per heavy atom. The summed E-state index contributed by atoms with van der Waals surface area (Å²) in [5.41, 5.74) is 0.716. The number of fused-ring (bicyclic) bond motifs is 1. The van der Waals surface area contributed by atoms with Gasteiger partial charge < -0.3 is 0 Å². The fraction of sp³-hybridized carbons (Fsp3) is 0. The lowest BCUT2D eigenvalue weighted by atomic mass is 10.6. The van der Waals surface area contributed by atoms with Gasteiger partial charge in [-0.25, -0.2) is 9.97 Å². The molecule has 0 radical (unpaired) electrons. The molecule has 0 unspecified atom stereocenters. The van der Waals surface area contributed by atoms with Crippen LogP contribution in [0.5, 0.6) is 0 Å². The van der Waals surface area contributed by atoms with E-state index in [1.54, 1.807) is 23.1 Å². The van der Waals surface area contributed by atoms with Gasteiger partial charge in [0.15, 0.2) is 5.65 Å². The second-order valence-corrected chi connectivity index (χ2v) is 3.24. The van der Waals surface area contributed by atoms with Crippen LogP contribution in [0.2, 0.25) is 5.02 Å². The Bertz CT molecular complexity index is 398. The molecular weight excluding hydrogens is 229 g/mol. The molecule has 0 bridgehead atoms. The highest BCUT2D eigenvalue weighted by molar-refractivity contribution is 9.10. The lowest BCUT2D eigenvalue weighted by Crippen LogP contribution is -1.86. The molecule has 56 valence electrons. The summed E-state index contributed by atoms with van der Waals surface area (Å²) in [6.07, 6.45) is 4.90. The predicted octanol–water partition coefficient (Wildman–Crippen LogP) is 2.15. The number of hydrogen-bond donors (Lipinski definition) is 0. The summed E-state index contributed by atoms with van der Waals surface area (Å²) in [6, 6.07) is 0. The molecule has 2 heterocycles. The summed E-state index contributed by atoms with van der Waals surface area (Å²) < 4.78 is 2.62. The lowest BCUT2D eigenvalue weighted by molar-refractivity contribution is 1.06. The minimum Gasteiger partial charge on any atom is -0.276 e. The van der Waals surface area contributed by atoms with Crippen molar-refractivity contribution in [1.82, 2.24) is 14.4 Å². The highest BCUT2D eigenvalue weighted by Crippen LogP contribution is 2.18. The van der Waals surface area contributed by atoms with Crippen LogP contribution in [-0.2, 0) is 0 Å². The molecule has 0 spiro atoms. The molecule has 2 aromatic rings. The average molecular weight is 232 g/mol. The first-order valence-electron chi connectivity index (χ1n) is 2.91. The zero-order valence-corrected chi connectivity index (χ0v) is 7.67. The topological polar surface area (TPSA) is 30.2 Å². The standard InChI is InChI=1S/C6H3BrClN3/c7-5-2-10-6-4(8)1-9-3-11(5)6/h1-3H. The van der Waals surface area contributed by atoms with Crippen LogP contribution in [0.3, 0.4) is 0 Å². The molecule has 0 saturated carbocycles. The van der Waals surface area contributed by atoms with E-state index < -0.39 is 0 Å². The van der Waals surface area contributed by atoms with Gasteiger partial charge in [-0.3, -0.25) is 4.40 Å². The van der Waals surface area contributed by atoms with Crippen LogP contribution in [0.1, 0.15) is 0 Å². The highest BCUT2D eigenvalue weighted by atomic mass is 79.9. The van der Waals surface area contributed by atoms with Crippen molar-refractivity contribution in [3.63, 3.8) is 0 Å². The predicted molar refractivity (Wildman–Crippen MR) is 45.7 cm³/mol. The Labute approximate surface area is 76.2 Å². The molecule has 0 saturated heterocycles. The first-order valence-corrected chi connectivity index (χ1v) is 4.08. The van der Waals surface area contributed by atoms with Crippen LogP contribution < -0.4 is 0 Å². The van der Waals surface area contributed by atoms with E-state index in [0.717, 1.165) is 4.60 Å². The molecule has 0 N–H and O–H groups in total. The monoisotopic (exact) mass is 231 g/mol. The largest absolute Gasteiger partial charge is 0.276 e. The van der Waals surface area contributed by atoms with E-state index in [4.69, 9.17) is 11.6 Å². The van der Waals surface area contributed by atoms with Crippen molar-refractivity contribution >= 4 is 33.2 Å². The van der Waals surface area contributed by atoms with Gasteiger partial charge >= 0.3 is 0 Å². The van der Waals surface area contributed by atoms with Crippen molar-refractivity contribution < 1.29 is 0 Å². The molecule has 0 amide bonds. The fourth-order valence-corrected chi connectivity index (χ4v) is 1.41. The zero-order chi connectivity index (χ0) is 7.84. The second-order valence-electron chi connectivity index (χ2n) is 2.02. The Hall–Kier alpha value is -0.610. The molecule has 0 aromatic carbocycles. The molecule has 0 aliphatic carbocycles. The zero-order valence-electron chi connectivity index (χ0n) is 5.33. The number of imidazole rings is 1. The van der Waals surface area contributed by atoms with E-state index in [1.165, 1.54) is 0 Å². The molecule has 0 fully saturated rings. The quantitative estimate of drug-likeness (QED) is 0.697. The number of hydrogen-bond acceptors (Lipinski definition) is 2. The summed E-state index contributed by atoms with van der Waals surface area (Å²) in [7, 11) is 0.